The van der Waals surface area contributed by atoms with E-state index in [-0.39, 0.29) is 0 Å². The molecule has 1 aromatic carbocycles. The van der Waals surface area contributed by atoms with E-state index in [4.69, 9.17) is 4.74 Å². The average molecular weight is 326 g/mol. The highest BCUT2D eigenvalue weighted by Gasteiger charge is 2.27. The van der Waals surface area contributed by atoms with Crippen molar-refractivity contribution in [2.45, 2.75) is 39.2 Å². The summed E-state index contributed by atoms with van der Waals surface area (Å²) in [5.41, 5.74) is 0.303. The molecule has 1 heterocycles. The van der Waals surface area contributed by atoms with Crippen LogP contribution < -0.4 is 4.74 Å². The van der Waals surface area contributed by atoms with E-state index >= 15 is 0 Å². The number of ether oxygens (including phenoxy) is 1. The smallest absolute Gasteiger partial charge is 0.119 e. The van der Waals surface area contributed by atoms with E-state index in [0.717, 1.165) is 16.8 Å². The van der Waals surface area contributed by atoms with Gasteiger partial charge in [0, 0.05) is 10.0 Å². The highest BCUT2D eigenvalue weighted by Crippen LogP contribution is 2.25. The van der Waals surface area contributed by atoms with E-state index in [1.54, 1.807) is 0 Å². The number of likely N-dealkylation sites (tertiary alicyclic amines) is 1. The van der Waals surface area contributed by atoms with Gasteiger partial charge in [-0.25, -0.2) is 0 Å². The Labute approximate surface area is 125 Å². The molecular formula is C16H24BrNO. The lowest BCUT2D eigenvalue weighted by Crippen LogP contribution is -2.46. The first kappa shape index (κ1) is 14.9. The predicted octanol–water partition coefficient (Wildman–Crippen LogP) is 4.34. The molecule has 0 N–H and O–H groups in total. The predicted molar refractivity (Wildman–Crippen MR) is 83.7 cm³/mol. The number of rotatable bonds is 3. The molecule has 0 radical (unpaired) electrons. The van der Waals surface area contributed by atoms with Gasteiger partial charge in [0.15, 0.2) is 0 Å². The first-order valence-corrected chi connectivity index (χ1v) is 7.88. The van der Waals surface area contributed by atoms with E-state index in [9.17, 15) is 0 Å². The van der Waals surface area contributed by atoms with Gasteiger partial charge in [0.05, 0.1) is 6.61 Å². The molecule has 2 nitrogen and oxygen atoms in total. The lowest BCUT2D eigenvalue weighted by Gasteiger charge is -2.40. The molecule has 1 aromatic rings. The van der Waals surface area contributed by atoms with Crippen molar-refractivity contribution in [1.82, 2.24) is 4.90 Å². The minimum atomic E-state index is 0.303. The molecule has 0 aliphatic carbocycles. The molecule has 0 spiro atoms. The Morgan fingerprint density at radius 2 is 1.74 bits per heavy atom. The number of hydrogen-bond acceptors (Lipinski definition) is 2. The quantitative estimate of drug-likeness (QED) is 0.819. The molecule has 0 aromatic heterocycles. The normalized spacial score (nSPS) is 18.5. The molecular weight excluding hydrogens is 302 g/mol. The standard InChI is InChI=1S/C16H24BrNO/c1-16(2,3)18-10-8-13(9-11-18)12-19-15-6-4-14(17)5-7-15/h4-7,13H,8-12H2,1-3H3. The Morgan fingerprint density at radius 1 is 1.16 bits per heavy atom. The van der Waals surface area contributed by atoms with Gasteiger partial charge in [-0.05, 0) is 76.9 Å². The Morgan fingerprint density at radius 3 is 2.26 bits per heavy atom. The zero-order valence-corrected chi connectivity index (χ0v) is 13.7. The van der Waals surface area contributed by atoms with Crippen molar-refractivity contribution in [3.63, 3.8) is 0 Å². The van der Waals surface area contributed by atoms with Gasteiger partial charge >= 0.3 is 0 Å². The van der Waals surface area contributed by atoms with E-state index in [2.05, 4.69) is 41.6 Å². The third-order valence-corrected chi connectivity index (χ3v) is 4.39. The van der Waals surface area contributed by atoms with Crippen LogP contribution in [0, 0.1) is 5.92 Å². The molecule has 2 rings (SSSR count). The van der Waals surface area contributed by atoms with Crippen LogP contribution in [0.4, 0.5) is 0 Å². The van der Waals surface area contributed by atoms with Crippen molar-refractivity contribution < 1.29 is 4.74 Å². The van der Waals surface area contributed by atoms with E-state index in [0.29, 0.717) is 11.5 Å². The number of piperidine rings is 1. The van der Waals surface area contributed by atoms with Crippen molar-refractivity contribution in [1.29, 1.82) is 0 Å². The van der Waals surface area contributed by atoms with Crippen molar-refractivity contribution in [2.24, 2.45) is 5.92 Å². The second kappa shape index (κ2) is 6.27. The van der Waals surface area contributed by atoms with Gasteiger partial charge in [-0.15, -0.1) is 0 Å². The maximum Gasteiger partial charge on any atom is 0.119 e. The van der Waals surface area contributed by atoms with E-state index in [1.807, 2.05) is 24.3 Å². The fraction of sp³-hybridized carbons (Fsp3) is 0.625. The van der Waals surface area contributed by atoms with E-state index in [1.165, 1.54) is 25.9 Å². The van der Waals surface area contributed by atoms with Crippen LogP contribution in [0.5, 0.6) is 5.75 Å². The third-order valence-electron chi connectivity index (χ3n) is 3.86. The first-order chi connectivity index (χ1) is 8.95. The molecule has 3 heteroatoms. The fourth-order valence-corrected chi connectivity index (χ4v) is 2.78. The van der Waals surface area contributed by atoms with Gasteiger partial charge < -0.3 is 4.74 Å². The van der Waals surface area contributed by atoms with Crippen LogP contribution in [0.15, 0.2) is 28.7 Å². The summed E-state index contributed by atoms with van der Waals surface area (Å²) >= 11 is 3.44. The topological polar surface area (TPSA) is 12.5 Å². The molecule has 0 amide bonds. The fourth-order valence-electron chi connectivity index (χ4n) is 2.52. The van der Waals surface area contributed by atoms with Crippen LogP contribution in [-0.2, 0) is 0 Å². The molecule has 0 bridgehead atoms. The van der Waals surface area contributed by atoms with Crippen molar-refractivity contribution in [2.75, 3.05) is 19.7 Å². The number of nitrogens with zero attached hydrogens (tertiary/aromatic N) is 1. The van der Waals surface area contributed by atoms with Gasteiger partial charge in [0.1, 0.15) is 5.75 Å². The maximum atomic E-state index is 5.88. The molecule has 19 heavy (non-hydrogen) atoms. The summed E-state index contributed by atoms with van der Waals surface area (Å²) in [5.74, 6) is 1.67. The van der Waals surface area contributed by atoms with Gasteiger partial charge in [-0.3, -0.25) is 4.90 Å². The Balaban J connectivity index is 1.75. The maximum absolute atomic E-state index is 5.88. The molecule has 1 aliphatic rings. The summed E-state index contributed by atoms with van der Waals surface area (Å²) in [6.07, 6.45) is 2.49. The summed E-state index contributed by atoms with van der Waals surface area (Å²) in [5, 5.41) is 0. The van der Waals surface area contributed by atoms with Crippen molar-refractivity contribution in [3.05, 3.63) is 28.7 Å². The summed E-state index contributed by atoms with van der Waals surface area (Å²) in [6, 6.07) is 8.10. The van der Waals surface area contributed by atoms with Crippen molar-refractivity contribution >= 4 is 15.9 Å². The Bertz CT molecular complexity index is 388. The number of benzene rings is 1. The van der Waals surface area contributed by atoms with Crippen LogP contribution in [0.1, 0.15) is 33.6 Å². The molecule has 0 unspecified atom stereocenters. The largest absolute Gasteiger partial charge is 0.493 e. The zero-order valence-electron chi connectivity index (χ0n) is 12.2. The lowest BCUT2D eigenvalue weighted by atomic mass is 9.94. The van der Waals surface area contributed by atoms with Gasteiger partial charge in [0.2, 0.25) is 0 Å². The molecule has 1 fully saturated rings. The van der Waals surface area contributed by atoms with Gasteiger partial charge in [-0.2, -0.15) is 0 Å². The highest BCUT2D eigenvalue weighted by molar-refractivity contribution is 9.10. The van der Waals surface area contributed by atoms with Crippen LogP contribution >= 0.6 is 15.9 Å². The summed E-state index contributed by atoms with van der Waals surface area (Å²) in [6.45, 7) is 10.1. The Kier molecular flexibility index (Phi) is 4.91. The summed E-state index contributed by atoms with van der Waals surface area (Å²) < 4.78 is 6.98. The van der Waals surface area contributed by atoms with Crippen LogP contribution in [0.2, 0.25) is 0 Å². The molecule has 1 aliphatic heterocycles. The monoisotopic (exact) mass is 325 g/mol. The van der Waals surface area contributed by atoms with Crippen LogP contribution in [0.25, 0.3) is 0 Å². The van der Waals surface area contributed by atoms with Crippen LogP contribution in [-0.4, -0.2) is 30.1 Å². The second-order valence-electron chi connectivity index (χ2n) is 6.37. The zero-order chi connectivity index (χ0) is 13.9. The first-order valence-electron chi connectivity index (χ1n) is 7.08. The van der Waals surface area contributed by atoms with Crippen LogP contribution in [0.3, 0.4) is 0 Å². The third kappa shape index (κ3) is 4.50. The molecule has 0 atom stereocenters. The highest BCUT2D eigenvalue weighted by atomic mass is 79.9. The molecule has 1 saturated heterocycles. The summed E-state index contributed by atoms with van der Waals surface area (Å²) in [7, 11) is 0. The molecule has 106 valence electrons. The minimum Gasteiger partial charge on any atom is -0.493 e. The van der Waals surface area contributed by atoms with Gasteiger partial charge in [0.25, 0.3) is 0 Å². The molecule has 0 saturated carbocycles. The number of hydrogen-bond donors (Lipinski definition) is 0. The average Bonchev–Trinajstić information content (AvgIpc) is 2.37. The minimum absolute atomic E-state index is 0.303. The van der Waals surface area contributed by atoms with Gasteiger partial charge in [-0.1, -0.05) is 15.9 Å². The summed E-state index contributed by atoms with van der Waals surface area (Å²) in [4.78, 5) is 2.57. The second-order valence-corrected chi connectivity index (χ2v) is 7.28. The number of halogens is 1. The Hall–Kier alpha value is -0.540. The van der Waals surface area contributed by atoms with E-state index < -0.39 is 0 Å². The SMILES string of the molecule is CC(C)(C)N1CCC(COc2ccc(Br)cc2)CC1. The lowest BCUT2D eigenvalue weighted by molar-refractivity contribution is 0.0721. The van der Waals surface area contributed by atoms with Crippen molar-refractivity contribution in [3.8, 4) is 5.75 Å².